The predicted molar refractivity (Wildman–Crippen MR) is 70.1 cm³/mol. The summed E-state index contributed by atoms with van der Waals surface area (Å²) in [7, 11) is -3.79. The molecule has 0 atom stereocenters. The molecule has 0 bridgehead atoms. The van der Waals surface area contributed by atoms with E-state index in [1.807, 2.05) is 0 Å². The van der Waals surface area contributed by atoms with Gasteiger partial charge in [-0.15, -0.1) is 0 Å². The number of sulfonamides is 1. The van der Waals surface area contributed by atoms with Gasteiger partial charge in [-0.1, -0.05) is 16.5 Å². The highest BCUT2D eigenvalue weighted by atomic mass is 32.2. The van der Waals surface area contributed by atoms with Crippen LogP contribution < -0.4 is 10.0 Å². The van der Waals surface area contributed by atoms with Crippen LogP contribution in [0.15, 0.2) is 21.9 Å². The third-order valence-corrected chi connectivity index (χ3v) is 5.15. The second-order valence-electron chi connectivity index (χ2n) is 4.12. The summed E-state index contributed by atoms with van der Waals surface area (Å²) in [4.78, 5) is 16.3. The lowest BCUT2D eigenvalue weighted by Gasteiger charge is -2.01. The lowest BCUT2D eigenvalue weighted by atomic mass is 10.2. The molecule has 20 heavy (non-hydrogen) atoms. The smallest absolute Gasteiger partial charge is 0.268 e. The van der Waals surface area contributed by atoms with Crippen LogP contribution in [-0.4, -0.2) is 31.0 Å². The number of nitrogens with zero attached hydrogens (tertiary/aromatic N) is 2. The molecule has 0 saturated heterocycles. The van der Waals surface area contributed by atoms with Gasteiger partial charge in [-0.2, -0.15) is 0 Å². The first-order valence-corrected chi connectivity index (χ1v) is 8.06. The monoisotopic (exact) mass is 314 g/mol. The van der Waals surface area contributed by atoms with E-state index in [1.54, 1.807) is 0 Å². The van der Waals surface area contributed by atoms with Crippen molar-refractivity contribution in [1.82, 2.24) is 15.5 Å². The number of amides is 1. The number of carbonyl (C=O) groups is 1. The Morgan fingerprint density at radius 3 is 3.05 bits per heavy atom. The lowest BCUT2D eigenvalue weighted by molar-refractivity contribution is 0.0960. The Labute approximate surface area is 118 Å². The average Bonchev–Trinajstić information content (AvgIpc) is 3.01. The Balaban J connectivity index is 1.90. The van der Waals surface area contributed by atoms with Gasteiger partial charge in [-0.3, -0.25) is 9.52 Å². The van der Waals surface area contributed by atoms with Crippen LogP contribution in [0.1, 0.15) is 21.8 Å². The first-order valence-electron chi connectivity index (χ1n) is 5.76. The molecule has 8 nitrogen and oxygen atoms in total. The van der Waals surface area contributed by atoms with Gasteiger partial charge in [0, 0.05) is 6.54 Å². The first-order chi connectivity index (χ1) is 9.56. The minimum Gasteiger partial charge on any atom is -0.363 e. The van der Waals surface area contributed by atoms with Crippen molar-refractivity contribution in [2.45, 2.75) is 17.7 Å². The van der Waals surface area contributed by atoms with E-state index in [2.05, 4.69) is 24.7 Å². The van der Waals surface area contributed by atoms with Crippen LogP contribution in [0.25, 0.3) is 0 Å². The molecule has 2 N–H and O–H groups in total. The summed E-state index contributed by atoms with van der Waals surface area (Å²) in [5, 5.41) is 6.24. The van der Waals surface area contributed by atoms with E-state index in [0.29, 0.717) is 23.5 Å². The zero-order valence-electron chi connectivity index (χ0n) is 10.1. The van der Waals surface area contributed by atoms with Gasteiger partial charge >= 0.3 is 0 Å². The van der Waals surface area contributed by atoms with Crippen LogP contribution >= 0.6 is 11.3 Å². The number of anilines is 1. The number of aromatic nitrogens is 2. The summed E-state index contributed by atoms with van der Waals surface area (Å²) in [5.41, 5.74) is 0.619. The van der Waals surface area contributed by atoms with Crippen molar-refractivity contribution in [3.05, 3.63) is 23.0 Å². The van der Waals surface area contributed by atoms with Crippen molar-refractivity contribution in [1.29, 1.82) is 0 Å². The summed E-state index contributed by atoms with van der Waals surface area (Å²) in [6, 6.07) is 0. The molecule has 10 heteroatoms. The van der Waals surface area contributed by atoms with Gasteiger partial charge in [0.05, 0.1) is 11.9 Å². The summed E-state index contributed by atoms with van der Waals surface area (Å²) < 4.78 is 30.8. The van der Waals surface area contributed by atoms with Crippen LogP contribution in [0, 0.1) is 0 Å². The fraction of sp³-hybridized carbons (Fsp3) is 0.300. The molecule has 0 spiro atoms. The molecule has 0 aromatic carbocycles. The third kappa shape index (κ3) is 2.39. The Kier molecular flexibility index (Phi) is 3.18. The molecular weight excluding hydrogens is 304 g/mol. The summed E-state index contributed by atoms with van der Waals surface area (Å²) in [6.07, 6.45) is 3.53. The SMILES string of the molecule is O=C1NCCCc2nc(NS(=O)(=O)c3cnoc3)sc21. The molecule has 1 aliphatic rings. The van der Waals surface area contributed by atoms with Crippen molar-refractivity contribution in [2.75, 3.05) is 11.3 Å². The second kappa shape index (κ2) is 4.87. The van der Waals surface area contributed by atoms with Crippen LogP contribution in [0.4, 0.5) is 5.13 Å². The van der Waals surface area contributed by atoms with E-state index in [0.717, 1.165) is 30.2 Å². The van der Waals surface area contributed by atoms with E-state index in [1.165, 1.54) is 0 Å². The third-order valence-electron chi connectivity index (χ3n) is 2.72. The molecule has 3 heterocycles. The number of hydrogen-bond donors (Lipinski definition) is 2. The Hall–Kier alpha value is -1.94. The zero-order chi connectivity index (χ0) is 14.2. The average molecular weight is 314 g/mol. The highest BCUT2D eigenvalue weighted by Gasteiger charge is 2.24. The van der Waals surface area contributed by atoms with Crippen molar-refractivity contribution in [3.8, 4) is 0 Å². The highest BCUT2D eigenvalue weighted by molar-refractivity contribution is 7.93. The fourth-order valence-corrected chi connectivity index (χ4v) is 3.80. The maximum atomic E-state index is 12.0. The van der Waals surface area contributed by atoms with Crippen molar-refractivity contribution in [3.63, 3.8) is 0 Å². The van der Waals surface area contributed by atoms with E-state index >= 15 is 0 Å². The summed E-state index contributed by atoms with van der Waals surface area (Å²) >= 11 is 1.02. The van der Waals surface area contributed by atoms with Gasteiger partial charge in [0.25, 0.3) is 15.9 Å². The minimum absolute atomic E-state index is 0.0904. The van der Waals surface area contributed by atoms with E-state index in [9.17, 15) is 13.2 Å². The van der Waals surface area contributed by atoms with Crippen LogP contribution in [0.3, 0.4) is 0 Å². The van der Waals surface area contributed by atoms with E-state index in [-0.39, 0.29) is 15.9 Å². The van der Waals surface area contributed by atoms with Gasteiger partial charge in [0.1, 0.15) is 16.0 Å². The molecule has 1 aliphatic heterocycles. The standard InChI is InChI=1S/C10H10N4O4S2/c15-9-8-7(2-1-3-11-9)13-10(19-8)14-20(16,17)6-4-12-18-5-6/h4-5H,1-3H2,(H,11,15)(H,13,14). The maximum Gasteiger partial charge on any atom is 0.268 e. The lowest BCUT2D eigenvalue weighted by Crippen LogP contribution is -2.21. The number of carbonyl (C=O) groups excluding carboxylic acids is 1. The molecule has 106 valence electrons. The Bertz CT molecular complexity index is 735. The molecular formula is C10H10N4O4S2. The number of rotatable bonds is 3. The quantitative estimate of drug-likeness (QED) is 0.858. The first kappa shape index (κ1) is 13.1. The molecule has 0 saturated carbocycles. The number of hydrogen-bond acceptors (Lipinski definition) is 7. The Morgan fingerprint density at radius 2 is 2.30 bits per heavy atom. The molecule has 0 radical (unpaired) electrons. The van der Waals surface area contributed by atoms with Crippen LogP contribution in [0.2, 0.25) is 0 Å². The molecule has 1 amide bonds. The van der Waals surface area contributed by atoms with Crippen molar-refractivity contribution < 1.29 is 17.7 Å². The summed E-state index contributed by atoms with van der Waals surface area (Å²) in [5.74, 6) is -0.217. The van der Waals surface area contributed by atoms with Gasteiger partial charge < -0.3 is 9.84 Å². The van der Waals surface area contributed by atoms with Gasteiger partial charge in [0.2, 0.25) is 0 Å². The molecule has 0 unspecified atom stereocenters. The van der Waals surface area contributed by atoms with E-state index < -0.39 is 10.0 Å². The van der Waals surface area contributed by atoms with Gasteiger partial charge in [-0.25, -0.2) is 13.4 Å². The Morgan fingerprint density at radius 1 is 1.45 bits per heavy atom. The predicted octanol–water partition coefficient (Wildman–Crippen LogP) is 0.608. The highest BCUT2D eigenvalue weighted by Crippen LogP contribution is 2.27. The van der Waals surface area contributed by atoms with E-state index in [4.69, 9.17) is 0 Å². The molecule has 0 fully saturated rings. The molecule has 2 aromatic rings. The van der Waals surface area contributed by atoms with Crippen molar-refractivity contribution in [2.24, 2.45) is 0 Å². The zero-order valence-corrected chi connectivity index (χ0v) is 11.8. The second-order valence-corrected chi connectivity index (χ2v) is 6.80. The normalized spacial score (nSPS) is 15.3. The molecule has 2 aromatic heterocycles. The number of fused-ring (bicyclic) bond motifs is 1. The summed E-state index contributed by atoms with van der Waals surface area (Å²) in [6.45, 7) is 0.601. The fourth-order valence-electron chi connectivity index (χ4n) is 1.78. The van der Waals surface area contributed by atoms with Crippen molar-refractivity contribution >= 4 is 32.4 Å². The minimum atomic E-state index is -3.79. The molecule has 3 rings (SSSR count). The van der Waals surface area contributed by atoms with Gasteiger partial charge in [-0.05, 0) is 12.8 Å². The number of aryl methyl sites for hydroxylation is 1. The molecule has 0 aliphatic carbocycles. The maximum absolute atomic E-state index is 12.0. The number of nitrogens with one attached hydrogen (secondary N) is 2. The van der Waals surface area contributed by atoms with Gasteiger partial charge in [0.15, 0.2) is 5.13 Å². The topological polar surface area (TPSA) is 114 Å². The van der Waals surface area contributed by atoms with Crippen LogP contribution in [-0.2, 0) is 16.4 Å². The van der Waals surface area contributed by atoms with Crippen LogP contribution in [0.5, 0.6) is 0 Å². The largest absolute Gasteiger partial charge is 0.363 e. The number of thiazole rings is 1.